The molecule has 14 heavy (non-hydrogen) atoms. The lowest BCUT2D eigenvalue weighted by Gasteiger charge is -2.20. The van der Waals surface area contributed by atoms with E-state index in [1.807, 2.05) is 19.3 Å². The van der Waals surface area contributed by atoms with Crippen molar-refractivity contribution in [2.75, 3.05) is 7.11 Å². The van der Waals surface area contributed by atoms with Gasteiger partial charge in [0.15, 0.2) is 5.78 Å². The number of aryl methyl sites for hydroxylation is 1. The van der Waals surface area contributed by atoms with Crippen LogP contribution >= 0.6 is 0 Å². The maximum atomic E-state index is 11.7. The first kappa shape index (κ1) is 10.9. The van der Waals surface area contributed by atoms with Crippen LogP contribution in [0.1, 0.15) is 19.5 Å². The van der Waals surface area contributed by atoms with Gasteiger partial charge in [0.1, 0.15) is 5.60 Å². The van der Waals surface area contributed by atoms with Gasteiger partial charge in [-0.05, 0) is 19.9 Å². The number of methoxy groups -OCH3 is 1. The highest BCUT2D eigenvalue weighted by molar-refractivity contribution is 5.88. The second kappa shape index (κ2) is 3.92. The van der Waals surface area contributed by atoms with E-state index in [1.54, 1.807) is 18.5 Å². The minimum atomic E-state index is -0.725. The Balaban J connectivity index is 2.66. The average molecular weight is 196 g/mol. The maximum Gasteiger partial charge on any atom is 0.170 e. The smallest absolute Gasteiger partial charge is 0.170 e. The van der Waals surface area contributed by atoms with Gasteiger partial charge in [-0.15, -0.1) is 0 Å². The number of nitrogens with zero attached hydrogens (tertiary/aromatic N) is 2. The van der Waals surface area contributed by atoms with Crippen LogP contribution in [-0.2, 0) is 23.0 Å². The molecule has 1 heterocycles. The molecule has 4 heteroatoms. The summed E-state index contributed by atoms with van der Waals surface area (Å²) in [5.74, 6) is 0.0405. The molecule has 0 atom stereocenters. The van der Waals surface area contributed by atoms with E-state index in [9.17, 15) is 4.79 Å². The minimum Gasteiger partial charge on any atom is -0.371 e. The molecular formula is C10H16N2O2. The van der Waals surface area contributed by atoms with E-state index in [1.165, 1.54) is 7.11 Å². The van der Waals surface area contributed by atoms with Crippen LogP contribution in [0.4, 0.5) is 0 Å². The molecule has 0 unspecified atom stereocenters. The summed E-state index contributed by atoms with van der Waals surface area (Å²) < 4.78 is 6.78. The molecule has 0 aliphatic rings. The van der Waals surface area contributed by atoms with E-state index >= 15 is 0 Å². The number of ketones is 1. The quantitative estimate of drug-likeness (QED) is 0.720. The van der Waals surface area contributed by atoms with Crippen molar-refractivity contribution in [3.8, 4) is 0 Å². The van der Waals surface area contributed by atoms with Crippen LogP contribution in [0.2, 0.25) is 0 Å². The number of hydrogen-bond acceptors (Lipinski definition) is 3. The summed E-state index contributed by atoms with van der Waals surface area (Å²) >= 11 is 0. The van der Waals surface area contributed by atoms with Crippen molar-refractivity contribution in [3.63, 3.8) is 0 Å². The summed E-state index contributed by atoms with van der Waals surface area (Å²) in [4.78, 5) is 11.7. The SMILES string of the molecule is COC(C)(C)C(=O)Cc1ccn(C)n1. The van der Waals surface area contributed by atoms with Gasteiger partial charge in [0.25, 0.3) is 0 Å². The fraction of sp³-hybridized carbons (Fsp3) is 0.600. The largest absolute Gasteiger partial charge is 0.371 e. The average Bonchev–Trinajstić information content (AvgIpc) is 2.51. The predicted octanol–water partition coefficient (Wildman–Crippen LogP) is 0.957. The van der Waals surface area contributed by atoms with Crippen molar-refractivity contribution in [3.05, 3.63) is 18.0 Å². The molecule has 0 N–H and O–H groups in total. The van der Waals surface area contributed by atoms with Gasteiger partial charge in [0.05, 0.1) is 12.1 Å². The third-order valence-corrected chi connectivity index (χ3v) is 2.29. The molecule has 1 rings (SSSR count). The van der Waals surface area contributed by atoms with Gasteiger partial charge in [-0.3, -0.25) is 9.48 Å². The highest BCUT2D eigenvalue weighted by Crippen LogP contribution is 2.12. The normalized spacial score (nSPS) is 11.7. The minimum absolute atomic E-state index is 0.0405. The van der Waals surface area contributed by atoms with Crippen molar-refractivity contribution in [1.82, 2.24) is 9.78 Å². The highest BCUT2D eigenvalue weighted by atomic mass is 16.5. The van der Waals surface area contributed by atoms with Gasteiger partial charge in [0.2, 0.25) is 0 Å². The Labute approximate surface area is 83.9 Å². The standard InChI is InChI=1S/C10H16N2O2/c1-10(2,14-4)9(13)7-8-5-6-12(3)11-8/h5-6H,7H2,1-4H3. The van der Waals surface area contributed by atoms with Crippen molar-refractivity contribution in [2.45, 2.75) is 25.9 Å². The summed E-state index contributed by atoms with van der Waals surface area (Å²) in [6.45, 7) is 3.52. The number of hydrogen-bond donors (Lipinski definition) is 0. The van der Waals surface area contributed by atoms with Crippen LogP contribution in [0.25, 0.3) is 0 Å². The lowest BCUT2D eigenvalue weighted by atomic mass is 9.99. The molecular weight excluding hydrogens is 180 g/mol. The number of ether oxygens (including phenoxy) is 1. The van der Waals surface area contributed by atoms with Gasteiger partial charge < -0.3 is 4.74 Å². The summed E-state index contributed by atoms with van der Waals surface area (Å²) in [6.07, 6.45) is 2.14. The van der Waals surface area contributed by atoms with Gasteiger partial charge in [-0.1, -0.05) is 0 Å². The summed E-state index contributed by atoms with van der Waals surface area (Å²) in [5.41, 5.74) is 0.0555. The van der Waals surface area contributed by atoms with Gasteiger partial charge in [-0.2, -0.15) is 5.10 Å². The Morgan fingerprint density at radius 2 is 2.29 bits per heavy atom. The Kier molecular flexibility index (Phi) is 3.06. The molecule has 0 aliphatic carbocycles. The molecule has 0 aliphatic heterocycles. The number of Topliss-reactive ketones (excluding diaryl/α,β-unsaturated/α-hetero) is 1. The Morgan fingerprint density at radius 3 is 2.71 bits per heavy atom. The molecule has 0 amide bonds. The number of aromatic nitrogens is 2. The first-order valence-corrected chi connectivity index (χ1v) is 4.52. The third-order valence-electron chi connectivity index (χ3n) is 2.29. The van der Waals surface area contributed by atoms with E-state index in [4.69, 9.17) is 4.74 Å². The fourth-order valence-electron chi connectivity index (χ4n) is 1.05. The zero-order chi connectivity index (χ0) is 10.8. The zero-order valence-electron chi connectivity index (χ0n) is 9.07. The second-order valence-electron chi connectivity index (χ2n) is 3.80. The van der Waals surface area contributed by atoms with Crippen LogP contribution < -0.4 is 0 Å². The monoisotopic (exact) mass is 196 g/mol. The zero-order valence-corrected chi connectivity index (χ0v) is 9.07. The fourth-order valence-corrected chi connectivity index (χ4v) is 1.05. The predicted molar refractivity (Wildman–Crippen MR) is 53.0 cm³/mol. The topological polar surface area (TPSA) is 44.1 Å². The maximum absolute atomic E-state index is 11.7. The molecule has 0 aromatic carbocycles. The van der Waals surface area contributed by atoms with E-state index < -0.39 is 5.60 Å². The molecule has 0 saturated heterocycles. The highest BCUT2D eigenvalue weighted by Gasteiger charge is 2.27. The van der Waals surface area contributed by atoms with Gasteiger partial charge >= 0.3 is 0 Å². The Bertz CT molecular complexity index is 329. The lowest BCUT2D eigenvalue weighted by Crippen LogP contribution is -2.35. The summed E-state index contributed by atoms with van der Waals surface area (Å²) in [5, 5.41) is 4.14. The summed E-state index contributed by atoms with van der Waals surface area (Å²) in [7, 11) is 3.37. The molecule has 0 fully saturated rings. The lowest BCUT2D eigenvalue weighted by molar-refractivity contribution is -0.136. The van der Waals surface area contributed by atoms with Crippen molar-refractivity contribution < 1.29 is 9.53 Å². The van der Waals surface area contributed by atoms with E-state index in [2.05, 4.69) is 5.10 Å². The third kappa shape index (κ3) is 2.42. The molecule has 4 nitrogen and oxygen atoms in total. The van der Waals surface area contributed by atoms with Gasteiger partial charge in [0, 0.05) is 20.4 Å². The number of carbonyl (C=O) groups is 1. The molecule has 1 aromatic rings. The molecule has 0 spiro atoms. The van der Waals surface area contributed by atoms with E-state index in [-0.39, 0.29) is 5.78 Å². The van der Waals surface area contributed by atoms with Crippen LogP contribution in [-0.4, -0.2) is 28.3 Å². The first-order valence-electron chi connectivity index (χ1n) is 4.52. The van der Waals surface area contributed by atoms with Crippen LogP contribution in [0, 0.1) is 0 Å². The molecule has 78 valence electrons. The number of carbonyl (C=O) groups excluding carboxylic acids is 1. The van der Waals surface area contributed by atoms with E-state index in [0.717, 1.165) is 5.69 Å². The van der Waals surface area contributed by atoms with Crippen LogP contribution in [0.15, 0.2) is 12.3 Å². The molecule has 0 bridgehead atoms. The van der Waals surface area contributed by atoms with Crippen LogP contribution in [0.3, 0.4) is 0 Å². The van der Waals surface area contributed by atoms with E-state index in [0.29, 0.717) is 6.42 Å². The van der Waals surface area contributed by atoms with Crippen molar-refractivity contribution in [2.24, 2.45) is 7.05 Å². The second-order valence-corrected chi connectivity index (χ2v) is 3.80. The molecule has 0 saturated carbocycles. The Morgan fingerprint density at radius 1 is 1.64 bits per heavy atom. The molecule has 0 radical (unpaired) electrons. The summed E-state index contributed by atoms with van der Waals surface area (Å²) in [6, 6.07) is 1.84. The van der Waals surface area contributed by atoms with Gasteiger partial charge in [-0.25, -0.2) is 0 Å². The van der Waals surface area contributed by atoms with Crippen molar-refractivity contribution in [1.29, 1.82) is 0 Å². The first-order chi connectivity index (χ1) is 6.45. The number of rotatable bonds is 4. The van der Waals surface area contributed by atoms with Crippen molar-refractivity contribution >= 4 is 5.78 Å². The molecule has 1 aromatic heterocycles. The van der Waals surface area contributed by atoms with Crippen LogP contribution in [0.5, 0.6) is 0 Å². The Hall–Kier alpha value is -1.16.